The number of nitrogens with zero attached hydrogens (tertiary/aromatic N) is 1. The van der Waals surface area contributed by atoms with Crippen molar-refractivity contribution in [3.63, 3.8) is 0 Å². The molecule has 0 saturated carbocycles. The van der Waals surface area contributed by atoms with Gasteiger partial charge in [-0.15, -0.1) is 0 Å². The summed E-state index contributed by atoms with van der Waals surface area (Å²) in [7, 11) is 0. The maximum absolute atomic E-state index is 13.0. The summed E-state index contributed by atoms with van der Waals surface area (Å²) in [5.74, 6) is 0. The first-order valence-corrected chi connectivity index (χ1v) is 9.76. The molecule has 2 fully saturated rings. The highest BCUT2D eigenvalue weighted by Gasteiger charge is 2.48. The molecule has 1 aromatic rings. The number of ether oxygens (including phenoxy) is 1. The van der Waals surface area contributed by atoms with E-state index in [1.54, 1.807) is 11.0 Å². The first kappa shape index (κ1) is 21.0. The summed E-state index contributed by atoms with van der Waals surface area (Å²) in [6.45, 7) is 5.44. The normalized spacial score (nSPS) is 28.2. The molecule has 156 valence electrons. The number of fused-ring (bicyclic) bond motifs is 2. The molecule has 2 aliphatic heterocycles. The summed E-state index contributed by atoms with van der Waals surface area (Å²) < 4.78 is 44.5. The van der Waals surface area contributed by atoms with Gasteiger partial charge in [0.25, 0.3) is 0 Å². The summed E-state index contributed by atoms with van der Waals surface area (Å²) in [6.07, 6.45) is -1.45. The van der Waals surface area contributed by atoms with Crippen molar-refractivity contribution in [1.29, 1.82) is 0 Å². The first-order valence-electron chi connectivity index (χ1n) is 9.76. The molecule has 2 unspecified atom stereocenters. The first-order chi connectivity index (χ1) is 12.9. The van der Waals surface area contributed by atoms with E-state index < -0.39 is 22.9 Å². The SMILES string of the molecule is CC(C)(C)OC(=O)N1C2CCCC1CC(O)(Cc1cccc(C(F)(F)F)c1)C2. The summed E-state index contributed by atoms with van der Waals surface area (Å²) in [4.78, 5) is 14.4. The van der Waals surface area contributed by atoms with Crippen molar-refractivity contribution in [2.24, 2.45) is 0 Å². The van der Waals surface area contributed by atoms with E-state index in [4.69, 9.17) is 4.74 Å². The quantitative estimate of drug-likeness (QED) is 0.767. The number of piperidine rings is 2. The average Bonchev–Trinajstić information content (AvgIpc) is 2.51. The maximum atomic E-state index is 13.0. The number of halogens is 3. The smallest absolute Gasteiger partial charge is 0.416 e. The van der Waals surface area contributed by atoms with Gasteiger partial charge in [-0.05, 0) is 64.5 Å². The summed E-state index contributed by atoms with van der Waals surface area (Å²) >= 11 is 0. The van der Waals surface area contributed by atoms with Crippen LogP contribution in [0.1, 0.15) is 64.0 Å². The van der Waals surface area contributed by atoms with Crippen molar-refractivity contribution in [2.45, 2.75) is 88.8 Å². The van der Waals surface area contributed by atoms with Gasteiger partial charge in [0.2, 0.25) is 0 Å². The molecule has 0 radical (unpaired) electrons. The minimum atomic E-state index is -4.41. The Morgan fingerprint density at radius 1 is 1.21 bits per heavy atom. The molecule has 2 atom stereocenters. The second-order valence-corrected chi connectivity index (χ2v) is 9.13. The van der Waals surface area contributed by atoms with Crippen LogP contribution >= 0.6 is 0 Å². The molecule has 7 heteroatoms. The van der Waals surface area contributed by atoms with Gasteiger partial charge in [0, 0.05) is 18.5 Å². The highest BCUT2D eigenvalue weighted by atomic mass is 19.4. The zero-order valence-electron chi connectivity index (χ0n) is 16.6. The van der Waals surface area contributed by atoms with Crippen LogP contribution in [-0.2, 0) is 17.3 Å². The van der Waals surface area contributed by atoms with Crippen LogP contribution in [0.3, 0.4) is 0 Å². The van der Waals surface area contributed by atoms with E-state index in [2.05, 4.69) is 0 Å². The number of carbonyl (C=O) groups excluding carboxylic acids is 1. The van der Waals surface area contributed by atoms with Gasteiger partial charge in [0.1, 0.15) is 5.60 Å². The molecule has 2 bridgehead atoms. The number of benzene rings is 1. The molecule has 1 N–H and O–H groups in total. The van der Waals surface area contributed by atoms with Gasteiger partial charge in [0.05, 0.1) is 11.2 Å². The monoisotopic (exact) mass is 399 g/mol. The molecular weight excluding hydrogens is 371 g/mol. The highest BCUT2D eigenvalue weighted by molar-refractivity contribution is 5.69. The maximum Gasteiger partial charge on any atom is 0.416 e. The van der Waals surface area contributed by atoms with Crippen molar-refractivity contribution in [2.75, 3.05) is 0 Å². The lowest BCUT2D eigenvalue weighted by molar-refractivity contribution is -0.137. The van der Waals surface area contributed by atoms with Crippen molar-refractivity contribution in [3.8, 4) is 0 Å². The van der Waals surface area contributed by atoms with E-state index in [1.165, 1.54) is 6.07 Å². The number of hydrogen-bond acceptors (Lipinski definition) is 3. The second-order valence-electron chi connectivity index (χ2n) is 9.13. The lowest BCUT2D eigenvalue weighted by Gasteiger charge is -2.51. The molecule has 2 saturated heterocycles. The van der Waals surface area contributed by atoms with Gasteiger partial charge in [-0.1, -0.05) is 18.2 Å². The van der Waals surface area contributed by atoms with Gasteiger partial charge in [-0.3, -0.25) is 0 Å². The van der Waals surface area contributed by atoms with Crippen LogP contribution < -0.4 is 0 Å². The van der Waals surface area contributed by atoms with Gasteiger partial charge in [0.15, 0.2) is 0 Å². The zero-order chi connectivity index (χ0) is 20.7. The number of carbonyl (C=O) groups is 1. The standard InChI is InChI=1S/C21H28F3NO3/c1-19(2,3)28-18(26)25-16-8-5-9-17(25)13-20(27,12-16)11-14-6-4-7-15(10-14)21(22,23)24/h4,6-7,10,16-17,27H,5,8-9,11-13H2,1-3H3. The van der Waals surface area contributed by atoms with Gasteiger partial charge >= 0.3 is 12.3 Å². The summed E-state index contributed by atoms with van der Waals surface area (Å²) in [5.41, 5.74) is -1.98. The van der Waals surface area contributed by atoms with E-state index in [0.717, 1.165) is 31.4 Å². The van der Waals surface area contributed by atoms with Gasteiger partial charge in [-0.25, -0.2) is 4.79 Å². The Hall–Kier alpha value is -1.76. The van der Waals surface area contributed by atoms with Crippen molar-refractivity contribution >= 4 is 6.09 Å². The fourth-order valence-electron chi connectivity index (χ4n) is 4.52. The minimum absolute atomic E-state index is 0.145. The predicted molar refractivity (Wildman–Crippen MR) is 98.8 cm³/mol. The molecule has 4 nitrogen and oxygen atoms in total. The molecule has 3 rings (SSSR count). The number of amides is 1. The molecule has 2 heterocycles. The Balaban J connectivity index is 1.76. The molecule has 1 amide bonds. The molecular formula is C21H28F3NO3. The third-order valence-electron chi connectivity index (χ3n) is 5.48. The molecule has 1 aromatic carbocycles. The van der Waals surface area contributed by atoms with Gasteiger partial charge in [-0.2, -0.15) is 13.2 Å². The highest BCUT2D eigenvalue weighted by Crippen LogP contribution is 2.42. The Kier molecular flexibility index (Phi) is 5.42. The van der Waals surface area contributed by atoms with Crippen LogP contribution in [0.5, 0.6) is 0 Å². The summed E-state index contributed by atoms with van der Waals surface area (Å²) in [6, 6.07) is 4.82. The zero-order valence-corrected chi connectivity index (χ0v) is 16.6. The number of alkyl halides is 3. The van der Waals surface area contributed by atoms with E-state index in [-0.39, 0.29) is 24.6 Å². The molecule has 0 aromatic heterocycles. The second kappa shape index (κ2) is 7.25. The van der Waals surface area contributed by atoms with Crippen LogP contribution in [0.15, 0.2) is 24.3 Å². The lowest BCUT2D eigenvalue weighted by Crippen LogP contribution is -2.61. The number of aliphatic hydroxyl groups is 1. The van der Waals surface area contributed by atoms with Crippen molar-refractivity contribution < 1.29 is 27.8 Å². The molecule has 0 aliphatic carbocycles. The predicted octanol–water partition coefficient (Wildman–Crippen LogP) is 4.93. The van der Waals surface area contributed by atoms with Crippen LogP contribution in [0, 0.1) is 0 Å². The van der Waals surface area contributed by atoms with Crippen molar-refractivity contribution in [1.82, 2.24) is 4.90 Å². The Morgan fingerprint density at radius 3 is 2.36 bits per heavy atom. The largest absolute Gasteiger partial charge is 0.444 e. The Bertz CT molecular complexity index is 712. The van der Waals surface area contributed by atoms with E-state index in [1.807, 2.05) is 20.8 Å². The Labute approximate surface area is 163 Å². The number of hydrogen-bond donors (Lipinski definition) is 1. The topological polar surface area (TPSA) is 49.8 Å². The van der Waals surface area contributed by atoms with E-state index in [9.17, 15) is 23.1 Å². The third-order valence-corrected chi connectivity index (χ3v) is 5.48. The molecule has 28 heavy (non-hydrogen) atoms. The Morgan fingerprint density at radius 2 is 1.82 bits per heavy atom. The summed E-state index contributed by atoms with van der Waals surface area (Å²) in [5, 5.41) is 11.2. The lowest BCUT2D eigenvalue weighted by atomic mass is 9.73. The van der Waals surface area contributed by atoms with Crippen molar-refractivity contribution in [3.05, 3.63) is 35.4 Å². The van der Waals surface area contributed by atoms with E-state index in [0.29, 0.717) is 18.4 Å². The van der Waals surface area contributed by atoms with Crippen LogP contribution in [0.2, 0.25) is 0 Å². The van der Waals surface area contributed by atoms with Crippen LogP contribution in [0.25, 0.3) is 0 Å². The fraction of sp³-hybridized carbons (Fsp3) is 0.667. The van der Waals surface area contributed by atoms with E-state index >= 15 is 0 Å². The fourth-order valence-corrected chi connectivity index (χ4v) is 4.52. The number of rotatable bonds is 2. The average molecular weight is 399 g/mol. The third kappa shape index (κ3) is 4.80. The van der Waals surface area contributed by atoms with Crippen LogP contribution in [-0.4, -0.2) is 39.4 Å². The van der Waals surface area contributed by atoms with Crippen LogP contribution in [0.4, 0.5) is 18.0 Å². The van der Waals surface area contributed by atoms with Gasteiger partial charge < -0.3 is 14.7 Å². The molecule has 0 spiro atoms. The minimum Gasteiger partial charge on any atom is -0.444 e. The molecule has 2 aliphatic rings.